The monoisotopic (exact) mass is 181 g/mol. The van der Waals surface area contributed by atoms with Crippen LogP contribution in [0.15, 0.2) is 24.4 Å². The van der Waals surface area contributed by atoms with E-state index >= 15 is 0 Å². The molecule has 1 N–H and O–H groups in total. The molecule has 74 valence electrons. The standard InChI is InChI=1S/C11H19NO/c1-6-8-9(7-2)12-10(13)11(3,4)5/h6,8H,1,7H2,2-5H3,(H,12,13)/b9-8+. The molecule has 0 aromatic heterocycles. The Balaban J connectivity index is 4.35. The summed E-state index contributed by atoms with van der Waals surface area (Å²) in [6.07, 6.45) is 4.32. The Bertz CT molecular complexity index is 221. The lowest BCUT2D eigenvalue weighted by atomic mass is 9.95. The highest BCUT2D eigenvalue weighted by Crippen LogP contribution is 2.13. The third-order valence-corrected chi connectivity index (χ3v) is 1.66. The molecule has 13 heavy (non-hydrogen) atoms. The van der Waals surface area contributed by atoms with Crippen molar-refractivity contribution in [2.75, 3.05) is 0 Å². The maximum absolute atomic E-state index is 11.5. The third-order valence-electron chi connectivity index (χ3n) is 1.66. The normalized spacial score (nSPS) is 12.5. The maximum Gasteiger partial charge on any atom is 0.229 e. The molecule has 0 aliphatic rings. The van der Waals surface area contributed by atoms with Gasteiger partial charge in [-0.1, -0.05) is 40.3 Å². The van der Waals surface area contributed by atoms with Crippen LogP contribution in [0.4, 0.5) is 0 Å². The van der Waals surface area contributed by atoms with Gasteiger partial charge in [0, 0.05) is 11.1 Å². The van der Waals surface area contributed by atoms with Gasteiger partial charge in [-0.2, -0.15) is 0 Å². The molecule has 2 heteroatoms. The summed E-state index contributed by atoms with van der Waals surface area (Å²) in [6, 6.07) is 0. The van der Waals surface area contributed by atoms with Gasteiger partial charge in [0.2, 0.25) is 5.91 Å². The summed E-state index contributed by atoms with van der Waals surface area (Å²) in [5.41, 5.74) is 0.574. The smallest absolute Gasteiger partial charge is 0.229 e. The molecule has 0 radical (unpaired) electrons. The van der Waals surface area contributed by atoms with Crippen molar-refractivity contribution in [2.24, 2.45) is 5.41 Å². The number of hydrogen-bond acceptors (Lipinski definition) is 1. The number of carbonyl (C=O) groups excluding carboxylic acids is 1. The average molecular weight is 181 g/mol. The fourth-order valence-electron chi connectivity index (χ4n) is 0.723. The van der Waals surface area contributed by atoms with E-state index in [0.717, 1.165) is 12.1 Å². The number of allylic oxidation sites excluding steroid dienone is 3. The summed E-state index contributed by atoms with van der Waals surface area (Å²) in [5, 5.41) is 2.86. The van der Waals surface area contributed by atoms with E-state index in [1.807, 2.05) is 33.8 Å². The highest BCUT2D eigenvalue weighted by atomic mass is 16.2. The average Bonchev–Trinajstić information content (AvgIpc) is 2.01. The van der Waals surface area contributed by atoms with Crippen LogP contribution in [-0.4, -0.2) is 5.91 Å². The summed E-state index contributed by atoms with van der Waals surface area (Å²) in [7, 11) is 0. The zero-order chi connectivity index (χ0) is 10.5. The first-order chi connectivity index (χ1) is 5.91. The van der Waals surface area contributed by atoms with Crippen molar-refractivity contribution >= 4 is 5.91 Å². The minimum absolute atomic E-state index is 0.0439. The fraction of sp³-hybridized carbons (Fsp3) is 0.545. The predicted molar refractivity (Wildman–Crippen MR) is 56.2 cm³/mol. The molecule has 0 aliphatic heterocycles. The summed E-state index contributed by atoms with van der Waals surface area (Å²) < 4.78 is 0. The van der Waals surface area contributed by atoms with Gasteiger partial charge in [0.25, 0.3) is 0 Å². The van der Waals surface area contributed by atoms with Crippen LogP contribution in [-0.2, 0) is 4.79 Å². The lowest BCUT2D eigenvalue weighted by Crippen LogP contribution is -2.34. The second kappa shape index (κ2) is 4.85. The molecule has 0 bridgehead atoms. The molecular weight excluding hydrogens is 162 g/mol. The second-order valence-corrected chi connectivity index (χ2v) is 3.99. The molecular formula is C11H19NO. The highest BCUT2D eigenvalue weighted by Gasteiger charge is 2.21. The Morgan fingerprint density at radius 1 is 1.46 bits per heavy atom. The van der Waals surface area contributed by atoms with Crippen LogP contribution >= 0.6 is 0 Å². The molecule has 0 aromatic carbocycles. The SMILES string of the molecule is C=C/C=C(\CC)NC(=O)C(C)(C)C. The molecule has 0 aromatic rings. The number of amides is 1. The molecule has 0 spiro atoms. The van der Waals surface area contributed by atoms with Crippen molar-refractivity contribution in [3.8, 4) is 0 Å². The molecule has 0 saturated carbocycles. The molecule has 0 saturated heterocycles. The molecule has 0 aliphatic carbocycles. The molecule has 0 atom stereocenters. The van der Waals surface area contributed by atoms with Crippen LogP contribution in [0.1, 0.15) is 34.1 Å². The molecule has 2 nitrogen and oxygen atoms in total. The lowest BCUT2D eigenvalue weighted by molar-refractivity contribution is -0.127. The van der Waals surface area contributed by atoms with Crippen LogP contribution in [0.5, 0.6) is 0 Å². The summed E-state index contributed by atoms with van der Waals surface area (Å²) in [5.74, 6) is 0.0439. The quantitative estimate of drug-likeness (QED) is 0.666. The zero-order valence-corrected chi connectivity index (χ0v) is 8.98. The molecule has 0 rings (SSSR count). The first-order valence-electron chi connectivity index (χ1n) is 4.55. The number of hydrogen-bond donors (Lipinski definition) is 1. The van der Waals surface area contributed by atoms with Gasteiger partial charge in [-0.3, -0.25) is 4.79 Å². The lowest BCUT2D eigenvalue weighted by Gasteiger charge is -2.18. The van der Waals surface area contributed by atoms with Crippen molar-refractivity contribution in [3.05, 3.63) is 24.4 Å². The van der Waals surface area contributed by atoms with Gasteiger partial charge in [0.1, 0.15) is 0 Å². The van der Waals surface area contributed by atoms with Gasteiger partial charge in [0.05, 0.1) is 0 Å². The van der Waals surface area contributed by atoms with Gasteiger partial charge >= 0.3 is 0 Å². The Labute approximate surface area is 80.7 Å². The van der Waals surface area contributed by atoms with E-state index < -0.39 is 0 Å². The maximum atomic E-state index is 11.5. The third kappa shape index (κ3) is 4.51. The predicted octanol–water partition coefficient (Wildman–Crippen LogP) is 2.63. The summed E-state index contributed by atoms with van der Waals surface area (Å²) in [4.78, 5) is 11.5. The van der Waals surface area contributed by atoms with E-state index in [2.05, 4.69) is 11.9 Å². The van der Waals surface area contributed by atoms with Crippen molar-refractivity contribution < 1.29 is 4.79 Å². The topological polar surface area (TPSA) is 29.1 Å². The van der Waals surface area contributed by atoms with E-state index in [-0.39, 0.29) is 11.3 Å². The largest absolute Gasteiger partial charge is 0.329 e. The summed E-state index contributed by atoms with van der Waals surface area (Å²) in [6.45, 7) is 11.3. The zero-order valence-electron chi connectivity index (χ0n) is 8.98. The molecule has 0 unspecified atom stereocenters. The Morgan fingerprint density at radius 3 is 2.31 bits per heavy atom. The van der Waals surface area contributed by atoms with E-state index in [4.69, 9.17) is 0 Å². The molecule has 0 heterocycles. The Kier molecular flexibility index (Phi) is 4.46. The van der Waals surface area contributed by atoms with Crippen LogP contribution < -0.4 is 5.32 Å². The molecule has 1 amide bonds. The number of carbonyl (C=O) groups is 1. The van der Waals surface area contributed by atoms with Crippen LogP contribution in [0.2, 0.25) is 0 Å². The minimum Gasteiger partial charge on any atom is -0.329 e. The van der Waals surface area contributed by atoms with E-state index in [0.29, 0.717) is 0 Å². The summed E-state index contributed by atoms with van der Waals surface area (Å²) >= 11 is 0. The van der Waals surface area contributed by atoms with Gasteiger partial charge in [-0.15, -0.1) is 0 Å². The van der Waals surface area contributed by atoms with Gasteiger partial charge < -0.3 is 5.32 Å². The van der Waals surface area contributed by atoms with E-state index in [1.54, 1.807) is 6.08 Å². The van der Waals surface area contributed by atoms with Gasteiger partial charge in [-0.05, 0) is 12.5 Å². The van der Waals surface area contributed by atoms with E-state index in [1.165, 1.54) is 0 Å². The molecule has 0 fully saturated rings. The van der Waals surface area contributed by atoms with E-state index in [9.17, 15) is 4.79 Å². The number of nitrogens with one attached hydrogen (secondary N) is 1. The highest BCUT2D eigenvalue weighted by molar-refractivity contribution is 5.82. The van der Waals surface area contributed by atoms with Crippen molar-refractivity contribution in [3.63, 3.8) is 0 Å². The van der Waals surface area contributed by atoms with Crippen molar-refractivity contribution in [1.29, 1.82) is 0 Å². The van der Waals surface area contributed by atoms with Crippen LogP contribution in [0.25, 0.3) is 0 Å². The Hall–Kier alpha value is -1.05. The van der Waals surface area contributed by atoms with Crippen LogP contribution in [0.3, 0.4) is 0 Å². The number of rotatable bonds is 3. The van der Waals surface area contributed by atoms with Crippen molar-refractivity contribution in [1.82, 2.24) is 5.32 Å². The Morgan fingerprint density at radius 2 is 2.00 bits per heavy atom. The first-order valence-corrected chi connectivity index (χ1v) is 4.55. The minimum atomic E-state index is -0.338. The van der Waals surface area contributed by atoms with Gasteiger partial charge in [0.15, 0.2) is 0 Å². The second-order valence-electron chi connectivity index (χ2n) is 3.99. The first kappa shape index (κ1) is 11.9. The fourth-order valence-corrected chi connectivity index (χ4v) is 0.723. The van der Waals surface area contributed by atoms with Crippen molar-refractivity contribution in [2.45, 2.75) is 34.1 Å². The van der Waals surface area contributed by atoms with Gasteiger partial charge in [-0.25, -0.2) is 0 Å². The van der Waals surface area contributed by atoms with Crippen LogP contribution in [0, 0.1) is 5.41 Å².